The van der Waals surface area contributed by atoms with Gasteiger partial charge >= 0.3 is 0 Å². The number of rotatable bonds is 1. The molecule has 0 radical (unpaired) electrons. The maximum atomic E-state index is 13.2. The fourth-order valence-corrected chi connectivity index (χ4v) is 0.851. The van der Waals surface area contributed by atoms with Gasteiger partial charge in [-0.25, -0.2) is 4.39 Å². The average molecular weight is 156 g/mol. The number of aromatic nitrogens is 2. The highest BCUT2D eigenvalue weighted by molar-refractivity contribution is 5.14. The molecule has 11 heavy (non-hydrogen) atoms. The molecule has 0 fully saturated rings. The normalized spacial score (nSPS) is 12.1. The van der Waals surface area contributed by atoms with E-state index in [4.69, 9.17) is 0 Å². The number of alkyl halides is 1. The molecule has 3 heteroatoms. The van der Waals surface area contributed by atoms with E-state index in [9.17, 15) is 4.39 Å². The molecule has 1 aromatic rings. The van der Waals surface area contributed by atoms with E-state index in [1.165, 1.54) is 13.8 Å². The van der Waals surface area contributed by atoms with Crippen LogP contribution in [-0.4, -0.2) is 9.78 Å². The summed E-state index contributed by atoms with van der Waals surface area (Å²) in [5.74, 6) is 0. The van der Waals surface area contributed by atoms with Crippen LogP contribution in [0, 0.1) is 6.92 Å². The van der Waals surface area contributed by atoms with Crippen LogP contribution < -0.4 is 0 Å². The third-order valence-electron chi connectivity index (χ3n) is 1.72. The van der Waals surface area contributed by atoms with Crippen LogP contribution in [0.25, 0.3) is 0 Å². The van der Waals surface area contributed by atoms with Crippen molar-refractivity contribution in [2.75, 3.05) is 0 Å². The first kappa shape index (κ1) is 8.24. The summed E-state index contributed by atoms with van der Waals surface area (Å²) in [4.78, 5) is 0. The number of halogens is 1. The van der Waals surface area contributed by atoms with E-state index in [0.29, 0.717) is 5.69 Å². The molecule has 0 aliphatic heterocycles. The molecule has 62 valence electrons. The van der Waals surface area contributed by atoms with E-state index in [0.717, 1.165) is 5.69 Å². The third kappa shape index (κ3) is 1.59. The van der Waals surface area contributed by atoms with Crippen molar-refractivity contribution in [2.45, 2.75) is 26.4 Å². The Balaban J connectivity index is 3.08. The van der Waals surface area contributed by atoms with Crippen molar-refractivity contribution in [2.24, 2.45) is 7.05 Å². The molecule has 1 rings (SSSR count). The van der Waals surface area contributed by atoms with Crippen LogP contribution in [0.1, 0.15) is 25.2 Å². The number of aryl methyl sites for hydroxylation is 2. The topological polar surface area (TPSA) is 17.8 Å². The van der Waals surface area contributed by atoms with Crippen LogP contribution in [0.2, 0.25) is 0 Å². The summed E-state index contributed by atoms with van der Waals surface area (Å²) in [6.45, 7) is 4.92. The van der Waals surface area contributed by atoms with E-state index in [1.54, 1.807) is 10.7 Å². The van der Waals surface area contributed by atoms with Gasteiger partial charge in [0.2, 0.25) is 0 Å². The van der Waals surface area contributed by atoms with Crippen molar-refractivity contribution in [3.63, 3.8) is 0 Å². The lowest BCUT2D eigenvalue weighted by molar-refractivity contribution is 0.213. The van der Waals surface area contributed by atoms with Crippen molar-refractivity contribution in [1.29, 1.82) is 0 Å². The lowest BCUT2D eigenvalue weighted by Crippen LogP contribution is -2.10. The zero-order valence-electron chi connectivity index (χ0n) is 7.35. The molecule has 0 N–H and O–H groups in total. The number of hydrogen-bond donors (Lipinski definition) is 0. The maximum Gasteiger partial charge on any atom is 0.149 e. The predicted octanol–water partition coefficient (Wildman–Crippen LogP) is 1.93. The van der Waals surface area contributed by atoms with Gasteiger partial charge in [0, 0.05) is 12.7 Å². The summed E-state index contributed by atoms with van der Waals surface area (Å²) in [6.07, 6.45) is 0. The SMILES string of the molecule is Cc1cc(C(C)(C)F)nn1C. The summed E-state index contributed by atoms with van der Waals surface area (Å²) in [7, 11) is 1.81. The minimum absolute atomic E-state index is 0.498. The Hall–Kier alpha value is -0.860. The van der Waals surface area contributed by atoms with Crippen LogP contribution >= 0.6 is 0 Å². The summed E-state index contributed by atoms with van der Waals surface area (Å²) in [5.41, 5.74) is 0.148. The van der Waals surface area contributed by atoms with Crippen LogP contribution in [-0.2, 0) is 12.7 Å². The second-order valence-corrected chi connectivity index (χ2v) is 3.27. The predicted molar refractivity (Wildman–Crippen MR) is 42.1 cm³/mol. The van der Waals surface area contributed by atoms with Crippen molar-refractivity contribution in [1.82, 2.24) is 9.78 Å². The second-order valence-electron chi connectivity index (χ2n) is 3.27. The quantitative estimate of drug-likeness (QED) is 0.607. The van der Waals surface area contributed by atoms with E-state index in [2.05, 4.69) is 5.10 Å². The van der Waals surface area contributed by atoms with Crippen LogP contribution in [0.3, 0.4) is 0 Å². The maximum absolute atomic E-state index is 13.2. The molecular weight excluding hydrogens is 143 g/mol. The Labute approximate surface area is 66.0 Å². The molecule has 0 saturated carbocycles. The first-order valence-corrected chi connectivity index (χ1v) is 3.61. The molecule has 0 spiro atoms. The monoisotopic (exact) mass is 156 g/mol. The molecule has 0 aliphatic carbocycles. The van der Waals surface area contributed by atoms with Gasteiger partial charge in [0.15, 0.2) is 0 Å². The van der Waals surface area contributed by atoms with Gasteiger partial charge in [0.05, 0.1) is 5.69 Å². The molecule has 2 nitrogen and oxygen atoms in total. The van der Waals surface area contributed by atoms with Gasteiger partial charge in [-0.2, -0.15) is 5.10 Å². The van der Waals surface area contributed by atoms with Crippen LogP contribution in [0.5, 0.6) is 0 Å². The van der Waals surface area contributed by atoms with E-state index in [1.807, 2.05) is 14.0 Å². The highest BCUT2D eigenvalue weighted by Gasteiger charge is 2.22. The van der Waals surface area contributed by atoms with Gasteiger partial charge in [-0.15, -0.1) is 0 Å². The third-order valence-corrected chi connectivity index (χ3v) is 1.72. The van der Waals surface area contributed by atoms with E-state index < -0.39 is 5.67 Å². The lowest BCUT2D eigenvalue weighted by Gasteiger charge is -2.08. The highest BCUT2D eigenvalue weighted by Crippen LogP contribution is 2.22. The Bertz CT molecular complexity index is 238. The average Bonchev–Trinajstić information content (AvgIpc) is 2.11. The zero-order valence-corrected chi connectivity index (χ0v) is 7.35. The van der Waals surface area contributed by atoms with Gasteiger partial charge in [-0.3, -0.25) is 4.68 Å². The van der Waals surface area contributed by atoms with E-state index >= 15 is 0 Å². The first-order chi connectivity index (χ1) is 4.91. The van der Waals surface area contributed by atoms with Crippen molar-refractivity contribution in [3.05, 3.63) is 17.5 Å². The summed E-state index contributed by atoms with van der Waals surface area (Å²) in [5, 5.41) is 4.02. The highest BCUT2D eigenvalue weighted by atomic mass is 19.1. The zero-order chi connectivity index (χ0) is 8.65. The number of hydrogen-bond acceptors (Lipinski definition) is 1. The smallest absolute Gasteiger partial charge is 0.149 e. The van der Waals surface area contributed by atoms with Gasteiger partial charge in [0.1, 0.15) is 5.67 Å². The molecule has 0 bridgehead atoms. The summed E-state index contributed by atoms with van der Waals surface area (Å²) >= 11 is 0. The van der Waals surface area contributed by atoms with Crippen molar-refractivity contribution < 1.29 is 4.39 Å². The molecular formula is C8H13FN2. The van der Waals surface area contributed by atoms with Gasteiger partial charge in [0.25, 0.3) is 0 Å². The molecule has 0 aliphatic rings. The first-order valence-electron chi connectivity index (χ1n) is 3.61. The van der Waals surface area contributed by atoms with Gasteiger partial charge < -0.3 is 0 Å². The second kappa shape index (κ2) is 2.32. The summed E-state index contributed by atoms with van der Waals surface area (Å²) < 4.78 is 14.9. The van der Waals surface area contributed by atoms with Gasteiger partial charge in [-0.1, -0.05) is 0 Å². The minimum Gasteiger partial charge on any atom is -0.273 e. The Morgan fingerprint density at radius 1 is 1.55 bits per heavy atom. The standard InChI is InChI=1S/C8H13FN2/c1-6-5-7(8(2,3)9)10-11(6)4/h5H,1-4H3. The van der Waals surface area contributed by atoms with Crippen molar-refractivity contribution >= 4 is 0 Å². The van der Waals surface area contributed by atoms with E-state index in [-0.39, 0.29) is 0 Å². The Kier molecular flexibility index (Phi) is 1.74. The Morgan fingerprint density at radius 2 is 2.09 bits per heavy atom. The summed E-state index contributed by atoms with van der Waals surface area (Å²) in [6, 6.07) is 1.76. The fourth-order valence-electron chi connectivity index (χ4n) is 0.851. The minimum atomic E-state index is -1.33. The fraction of sp³-hybridized carbons (Fsp3) is 0.625. The molecule has 1 heterocycles. The van der Waals surface area contributed by atoms with Gasteiger partial charge in [-0.05, 0) is 26.8 Å². The molecule has 0 aromatic carbocycles. The van der Waals surface area contributed by atoms with Crippen molar-refractivity contribution in [3.8, 4) is 0 Å². The molecule has 0 atom stereocenters. The lowest BCUT2D eigenvalue weighted by atomic mass is 10.1. The molecule has 0 amide bonds. The molecule has 0 unspecified atom stereocenters. The Morgan fingerprint density at radius 3 is 2.27 bits per heavy atom. The molecule has 0 saturated heterocycles. The van der Waals surface area contributed by atoms with Crippen LogP contribution in [0.15, 0.2) is 6.07 Å². The largest absolute Gasteiger partial charge is 0.273 e. The molecule has 1 aromatic heterocycles. The van der Waals surface area contributed by atoms with Crippen LogP contribution in [0.4, 0.5) is 4.39 Å². The number of nitrogens with zero attached hydrogens (tertiary/aromatic N) is 2.